The van der Waals surface area contributed by atoms with E-state index in [9.17, 15) is 14.0 Å². The summed E-state index contributed by atoms with van der Waals surface area (Å²) in [6.07, 6.45) is 0.0356. The van der Waals surface area contributed by atoms with Crippen molar-refractivity contribution in [3.05, 3.63) is 70.3 Å². The summed E-state index contributed by atoms with van der Waals surface area (Å²) < 4.78 is 19.9. The number of carbonyl (C=O) groups is 2. The molecule has 3 aromatic rings. The molecule has 0 saturated heterocycles. The fraction of sp³-hybridized carbons (Fsp3) is 0.304. The third-order valence-electron chi connectivity index (χ3n) is 4.70. The average molecular weight is 491 g/mol. The van der Waals surface area contributed by atoms with E-state index in [1.165, 1.54) is 23.9 Å². The van der Waals surface area contributed by atoms with Gasteiger partial charge in [-0.25, -0.2) is 4.39 Å². The molecule has 1 amide bonds. The topological polar surface area (TPSA) is 86.1 Å². The summed E-state index contributed by atoms with van der Waals surface area (Å²) in [5.41, 5.74) is 2.69. The first kappa shape index (κ1) is 24.7. The summed E-state index contributed by atoms with van der Waals surface area (Å²) in [6.45, 7) is 4.06. The minimum absolute atomic E-state index is 0.0124. The van der Waals surface area contributed by atoms with Gasteiger partial charge in [-0.2, -0.15) is 0 Å². The lowest BCUT2D eigenvalue weighted by atomic mass is 10.2. The second-order valence-electron chi connectivity index (χ2n) is 7.16. The van der Waals surface area contributed by atoms with Gasteiger partial charge in [0.15, 0.2) is 11.0 Å². The van der Waals surface area contributed by atoms with Crippen LogP contribution < -0.4 is 5.32 Å². The Hall–Kier alpha value is -2.91. The lowest BCUT2D eigenvalue weighted by molar-refractivity contribution is -0.144. The molecule has 0 aliphatic carbocycles. The van der Waals surface area contributed by atoms with Crippen LogP contribution in [0.3, 0.4) is 0 Å². The number of carbonyl (C=O) groups excluding carboxylic acids is 2. The lowest BCUT2D eigenvalue weighted by Gasteiger charge is -2.14. The molecule has 0 atom stereocenters. The smallest absolute Gasteiger partial charge is 0.306 e. The van der Waals surface area contributed by atoms with Gasteiger partial charge in [0.05, 0.1) is 25.3 Å². The fourth-order valence-corrected chi connectivity index (χ4v) is 4.10. The highest BCUT2D eigenvalue weighted by Gasteiger charge is 2.18. The monoisotopic (exact) mass is 490 g/mol. The van der Waals surface area contributed by atoms with E-state index in [2.05, 4.69) is 15.5 Å². The number of hydrogen-bond acceptors (Lipinski definition) is 6. The number of aromatic nitrogens is 3. The Balaban J connectivity index is 1.78. The van der Waals surface area contributed by atoms with Gasteiger partial charge in [0, 0.05) is 17.2 Å². The molecule has 0 aliphatic heterocycles. The Morgan fingerprint density at radius 1 is 1.15 bits per heavy atom. The van der Waals surface area contributed by atoms with Gasteiger partial charge in [0.25, 0.3) is 0 Å². The van der Waals surface area contributed by atoms with Crippen LogP contribution in [0.4, 0.5) is 4.39 Å². The van der Waals surface area contributed by atoms with Crippen LogP contribution in [0.25, 0.3) is 5.69 Å². The lowest BCUT2D eigenvalue weighted by Crippen LogP contribution is -2.25. The molecule has 1 N–H and O–H groups in total. The van der Waals surface area contributed by atoms with E-state index in [1.54, 1.807) is 25.1 Å². The molecule has 10 heteroatoms. The van der Waals surface area contributed by atoms with Crippen LogP contribution in [0.1, 0.15) is 36.7 Å². The van der Waals surface area contributed by atoms with Crippen LogP contribution in [0, 0.1) is 12.7 Å². The van der Waals surface area contributed by atoms with Crippen molar-refractivity contribution >= 4 is 35.2 Å². The summed E-state index contributed by atoms with van der Waals surface area (Å²) in [7, 11) is 0. The minimum Gasteiger partial charge on any atom is -0.466 e. The van der Waals surface area contributed by atoms with Gasteiger partial charge in [0.2, 0.25) is 5.91 Å². The second kappa shape index (κ2) is 11.8. The number of benzene rings is 2. The molecule has 174 valence electrons. The molecule has 3 rings (SSSR count). The van der Waals surface area contributed by atoms with Crippen molar-refractivity contribution in [2.45, 2.75) is 44.1 Å². The van der Waals surface area contributed by atoms with Crippen molar-refractivity contribution < 1.29 is 18.7 Å². The number of thioether (sulfide) groups is 1. The van der Waals surface area contributed by atoms with Crippen molar-refractivity contribution in [3.63, 3.8) is 0 Å². The molecule has 7 nitrogen and oxygen atoms in total. The van der Waals surface area contributed by atoms with Crippen molar-refractivity contribution in [1.29, 1.82) is 0 Å². The Bertz CT molecular complexity index is 1120. The number of nitrogens with one attached hydrogen (secondary N) is 1. The average Bonchev–Trinajstić information content (AvgIpc) is 3.20. The van der Waals surface area contributed by atoms with Gasteiger partial charge in [-0.05, 0) is 49.2 Å². The highest BCUT2D eigenvalue weighted by Crippen LogP contribution is 2.28. The quantitative estimate of drug-likeness (QED) is 0.329. The number of rotatable bonds is 10. The van der Waals surface area contributed by atoms with E-state index in [0.717, 1.165) is 16.8 Å². The standard InChI is InChI=1S/C23H24ClFN4O3S/c1-3-32-22(31)11-10-21(30)26-13-20-27-28-23(33-14-16-5-8-18(25)9-6-16)29(20)19-12-17(24)7-4-15(19)2/h4-9,12H,3,10-11,13-14H2,1-2H3,(H,26,30). The molecule has 1 aromatic heterocycles. The number of amides is 1. The molecule has 0 aliphatic rings. The van der Waals surface area contributed by atoms with Crippen LogP contribution in [-0.2, 0) is 26.6 Å². The van der Waals surface area contributed by atoms with Crippen molar-refractivity contribution in [2.24, 2.45) is 0 Å². The first-order valence-electron chi connectivity index (χ1n) is 10.4. The van der Waals surface area contributed by atoms with Gasteiger partial charge >= 0.3 is 5.97 Å². The SMILES string of the molecule is CCOC(=O)CCC(=O)NCc1nnc(SCc2ccc(F)cc2)n1-c1cc(Cl)ccc1C. The third kappa shape index (κ3) is 7.03. The largest absolute Gasteiger partial charge is 0.466 e. The van der Waals surface area contributed by atoms with Crippen molar-refractivity contribution in [1.82, 2.24) is 20.1 Å². The molecular formula is C23H24ClFN4O3S. The van der Waals surface area contributed by atoms with Crippen LogP contribution in [-0.4, -0.2) is 33.2 Å². The summed E-state index contributed by atoms with van der Waals surface area (Å²) >= 11 is 7.68. The summed E-state index contributed by atoms with van der Waals surface area (Å²) in [5.74, 6) is 0.0869. The molecular weight excluding hydrogens is 467 g/mol. The zero-order valence-corrected chi connectivity index (χ0v) is 19.9. The summed E-state index contributed by atoms with van der Waals surface area (Å²) in [6, 6.07) is 11.8. The predicted molar refractivity (Wildman–Crippen MR) is 125 cm³/mol. The predicted octanol–water partition coefficient (Wildman–Crippen LogP) is 4.62. The molecule has 33 heavy (non-hydrogen) atoms. The Morgan fingerprint density at radius 3 is 2.64 bits per heavy atom. The number of esters is 1. The van der Waals surface area contributed by atoms with Crippen LogP contribution in [0.15, 0.2) is 47.6 Å². The zero-order chi connectivity index (χ0) is 23.8. The second-order valence-corrected chi connectivity index (χ2v) is 8.54. The molecule has 0 bridgehead atoms. The van der Waals surface area contributed by atoms with Crippen LogP contribution >= 0.6 is 23.4 Å². The van der Waals surface area contributed by atoms with E-state index in [1.807, 2.05) is 23.6 Å². The summed E-state index contributed by atoms with van der Waals surface area (Å²) in [5, 5.41) is 12.5. The maximum absolute atomic E-state index is 13.2. The maximum atomic E-state index is 13.2. The van der Waals surface area contributed by atoms with Crippen molar-refractivity contribution in [3.8, 4) is 5.69 Å². The van der Waals surface area contributed by atoms with E-state index in [0.29, 0.717) is 21.8 Å². The first-order chi connectivity index (χ1) is 15.9. The van der Waals surface area contributed by atoms with E-state index < -0.39 is 5.97 Å². The zero-order valence-electron chi connectivity index (χ0n) is 18.3. The number of aryl methyl sites for hydroxylation is 1. The van der Waals surface area contributed by atoms with Gasteiger partial charge in [0.1, 0.15) is 5.82 Å². The molecule has 1 heterocycles. The Labute approximate surface area is 200 Å². The van der Waals surface area contributed by atoms with Crippen molar-refractivity contribution in [2.75, 3.05) is 6.61 Å². The molecule has 0 saturated carbocycles. The van der Waals surface area contributed by atoms with Gasteiger partial charge in [-0.3, -0.25) is 14.2 Å². The van der Waals surface area contributed by atoms with Crippen LogP contribution in [0.5, 0.6) is 0 Å². The van der Waals surface area contributed by atoms with Crippen LogP contribution in [0.2, 0.25) is 5.02 Å². The minimum atomic E-state index is -0.412. The highest BCUT2D eigenvalue weighted by molar-refractivity contribution is 7.98. The van der Waals surface area contributed by atoms with Gasteiger partial charge in [-0.1, -0.05) is 41.6 Å². The molecule has 0 spiro atoms. The van der Waals surface area contributed by atoms with E-state index in [-0.39, 0.29) is 37.7 Å². The molecule has 0 fully saturated rings. The number of hydrogen-bond donors (Lipinski definition) is 1. The molecule has 2 aromatic carbocycles. The highest BCUT2D eigenvalue weighted by atomic mass is 35.5. The normalized spacial score (nSPS) is 10.8. The number of nitrogens with zero attached hydrogens (tertiary/aromatic N) is 3. The Morgan fingerprint density at radius 2 is 1.91 bits per heavy atom. The first-order valence-corrected chi connectivity index (χ1v) is 11.7. The maximum Gasteiger partial charge on any atom is 0.306 e. The number of ether oxygens (including phenoxy) is 1. The Kier molecular flexibility index (Phi) is 8.85. The van der Waals surface area contributed by atoms with Gasteiger partial charge in [-0.15, -0.1) is 10.2 Å². The van der Waals surface area contributed by atoms with Gasteiger partial charge < -0.3 is 10.1 Å². The summed E-state index contributed by atoms with van der Waals surface area (Å²) in [4.78, 5) is 23.7. The molecule has 0 radical (unpaired) electrons. The van der Waals surface area contributed by atoms with E-state index in [4.69, 9.17) is 16.3 Å². The fourth-order valence-electron chi connectivity index (χ4n) is 3.02. The number of halogens is 2. The third-order valence-corrected chi connectivity index (χ3v) is 5.93. The van der Waals surface area contributed by atoms with E-state index >= 15 is 0 Å². The molecule has 0 unspecified atom stereocenters.